The predicted molar refractivity (Wildman–Crippen MR) is 92.5 cm³/mol. The molecule has 0 amide bonds. The topological polar surface area (TPSA) is 89.8 Å². The molecule has 0 bridgehead atoms. The van der Waals surface area contributed by atoms with E-state index in [-0.39, 0.29) is 5.54 Å². The zero-order chi connectivity index (χ0) is 16.9. The molecule has 4 heterocycles. The van der Waals surface area contributed by atoms with Crippen LogP contribution in [0.25, 0.3) is 5.69 Å². The van der Waals surface area contributed by atoms with Crippen molar-refractivity contribution in [1.29, 1.82) is 0 Å². The third kappa shape index (κ3) is 2.65. The van der Waals surface area contributed by atoms with E-state index in [0.29, 0.717) is 24.1 Å². The van der Waals surface area contributed by atoms with Gasteiger partial charge in [-0.2, -0.15) is 4.98 Å². The Morgan fingerprint density at radius 2 is 2.12 bits per heavy atom. The molecule has 0 aromatic carbocycles. The van der Waals surface area contributed by atoms with Crippen LogP contribution in [0.2, 0.25) is 0 Å². The van der Waals surface area contributed by atoms with Gasteiger partial charge in [-0.05, 0) is 31.9 Å². The van der Waals surface area contributed by atoms with E-state index < -0.39 is 0 Å². The minimum Gasteiger partial charge on any atom is -0.486 e. The summed E-state index contributed by atoms with van der Waals surface area (Å²) in [4.78, 5) is 17.5. The largest absolute Gasteiger partial charge is 0.486 e. The summed E-state index contributed by atoms with van der Waals surface area (Å²) in [6.45, 7) is 2.64. The van der Waals surface area contributed by atoms with Crippen molar-refractivity contribution in [2.75, 3.05) is 17.2 Å². The van der Waals surface area contributed by atoms with Crippen molar-refractivity contribution in [3.63, 3.8) is 0 Å². The van der Waals surface area contributed by atoms with Gasteiger partial charge in [-0.3, -0.25) is 0 Å². The molecule has 25 heavy (non-hydrogen) atoms. The molecule has 5 rings (SSSR count). The van der Waals surface area contributed by atoms with Crippen molar-refractivity contribution in [3.05, 3.63) is 42.7 Å². The van der Waals surface area contributed by atoms with Crippen LogP contribution in [0.1, 0.15) is 18.5 Å². The summed E-state index contributed by atoms with van der Waals surface area (Å²) in [6, 6.07) is 3.86. The zero-order valence-corrected chi connectivity index (χ0v) is 13.7. The maximum atomic E-state index is 5.73. The van der Waals surface area contributed by atoms with Crippen LogP contribution in [0.5, 0.6) is 5.75 Å². The number of rotatable bonds is 3. The van der Waals surface area contributed by atoms with E-state index in [4.69, 9.17) is 4.74 Å². The van der Waals surface area contributed by atoms with Gasteiger partial charge in [0.25, 0.3) is 0 Å². The molecular formula is C17H17N7O. The second kappa shape index (κ2) is 5.17. The summed E-state index contributed by atoms with van der Waals surface area (Å²) in [5, 5.41) is 6.59. The first kappa shape index (κ1) is 14.2. The van der Waals surface area contributed by atoms with Gasteiger partial charge >= 0.3 is 0 Å². The molecule has 1 aliphatic heterocycles. The Morgan fingerprint density at radius 3 is 2.84 bits per heavy atom. The highest BCUT2D eigenvalue weighted by Gasteiger charge is 2.47. The Kier molecular flexibility index (Phi) is 2.94. The van der Waals surface area contributed by atoms with Gasteiger partial charge in [0.15, 0.2) is 11.6 Å². The number of aryl methyl sites for hydroxylation is 1. The molecule has 126 valence electrons. The molecule has 1 saturated carbocycles. The van der Waals surface area contributed by atoms with E-state index in [0.717, 1.165) is 30.0 Å². The molecule has 1 aliphatic carbocycles. The first-order valence-corrected chi connectivity index (χ1v) is 8.21. The van der Waals surface area contributed by atoms with Crippen LogP contribution in [-0.2, 0) is 0 Å². The fraction of sp³-hybridized carbons (Fsp3) is 0.294. The first-order chi connectivity index (χ1) is 12.2. The van der Waals surface area contributed by atoms with Gasteiger partial charge in [0.05, 0.1) is 35.6 Å². The highest BCUT2D eigenvalue weighted by atomic mass is 16.5. The molecule has 0 saturated heterocycles. The zero-order valence-electron chi connectivity index (χ0n) is 13.7. The lowest BCUT2D eigenvalue weighted by atomic mass is 10.2. The Labute approximate surface area is 144 Å². The van der Waals surface area contributed by atoms with Gasteiger partial charge < -0.3 is 19.9 Å². The molecule has 0 atom stereocenters. The van der Waals surface area contributed by atoms with E-state index in [9.17, 15) is 0 Å². The third-order valence-corrected chi connectivity index (χ3v) is 4.49. The van der Waals surface area contributed by atoms with Gasteiger partial charge in [-0.15, -0.1) is 0 Å². The number of fused-ring (bicyclic) bond motifs is 1. The number of aromatic nitrogens is 5. The second-order valence-electron chi connectivity index (χ2n) is 6.55. The average Bonchev–Trinajstić information content (AvgIpc) is 3.22. The fourth-order valence-electron chi connectivity index (χ4n) is 2.84. The normalized spacial score (nSPS) is 16.7. The lowest BCUT2D eigenvalue weighted by molar-refractivity contribution is 0.273. The van der Waals surface area contributed by atoms with Crippen LogP contribution < -0.4 is 15.4 Å². The van der Waals surface area contributed by atoms with E-state index in [1.54, 1.807) is 18.7 Å². The van der Waals surface area contributed by atoms with Crippen molar-refractivity contribution in [1.82, 2.24) is 24.5 Å². The smallest absolute Gasteiger partial charge is 0.230 e. The maximum absolute atomic E-state index is 5.73. The summed E-state index contributed by atoms with van der Waals surface area (Å²) in [5.41, 5.74) is 2.00. The van der Waals surface area contributed by atoms with Crippen LogP contribution in [0.3, 0.4) is 0 Å². The van der Waals surface area contributed by atoms with Gasteiger partial charge in [0.2, 0.25) is 5.95 Å². The summed E-state index contributed by atoms with van der Waals surface area (Å²) in [7, 11) is 0. The SMILES string of the molecule is Cc1cn(-c2ccc(Nc3ncc4c(n3)NC3(CC3)CO4)nc2)cn1. The van der Waals surface area contributed by atoms with Crippen molar-refractivity contribution < 1.29 is 4.74 Å². The number of imidazole rings is 1. The molecule has 1 fully saturated rings. The monoisotopic (exact) mass is 335 g/mol. The van der Waals surface area contributed by atoms with Crippen molar-refractivity contribution in [2.45, 2.75) is 25.3 Å². The van der Waals surface area contributed by atoms with Crippen LogP contribution in [0.4, 0.5) is 17.6 Å². The second-order valence-corrected chi connectivity index (χ2v) is 6.55. The number of anilines is 3. The molecule has 0 radical (unpaired) electrons. The van der Waals surface area contributed by atoms with Crippen LogP contribution >= 0.6 is 0 Å². The third-order valence-electron chi connectivity index (χ3n) is 4.49. The maximum Gasteiger partial charge on any atom is 0.230 e. The molecule has 2 N–H and O–H groups in total. The summed E-state index contributed by atoms with van der Waals surface area (Å²) in [5.74, 6) is 2.61. The minimum absolute atomic E-state index is 0.0848. The predicted octanol–water partition coefficient (Wildman–Crippen LogP) is 2.45. The number of ether oxygens (including phenoxy) is 1. The summed E-state index contributed by atoms with van der Waals surface area (Å²) in [6.07, 6.45) is 9.44. The van der Waals surface area contributed by atoms with Gasteiger partial charge in [0.1, 0.15) is 12.4 Å². The molecule has 0 unspecified atom stereocenters. The number of pyridine rings is 1. The molecule has 8 nitrogen and oxygen atoms in total. The standard InChI is InChI=1S/C17H17N7O/c1-11-8-24(10-20-11)12-2-3-14(18-6-12)21-16-19-7-13-15(22-16)23-17(4-5-17)9-25-13/h2-3,6-8,10H,4-5,9H2,1H3,(H2,18,19,21,22,23). The molecule has 2 aliphatic rings. The minimum atomic E-state index is 0.0848. The van der Waals surface area contributed by atoms with Crippen molar-refractivity contribution in [3.8, 4) is 11.4 Å². The number of hydrogen-bond donors (Lipinski definition) is 2. The summed E-state index contributed by atoms with van der Waals surface area (Å²) < 4.78 is 7.66. The van der Waals surface area contributed by atoms with E-state index in [1.807, 2.05) is 29.8 Å². The molecule has 1 spiro atoms. The van der Waals surface area contributed by atoms with Crippen molar-refractivity contribution >= 4 is 17.6 Å². The Morgan fingerprint density at radius 1 is 1.20 bits per heavy atom. The van der Waals surface area contributed by atoms with Crippen LogP contribution in [0, 0.1) is 6.92 Å². The molecular weight excluding hydrogens is 318 g/mol. The summed E-state index contributed by atoms with van der Waals surface area (Å²) >= 11 is 0. The Hall–Kier alpha value is -3.16. The lowest BCUT2D eigenvalue weighted by Gasteiger charge is -2.26. The first-order valence-electron chi connectivity index (χ1n) is 8.21. The van der Waals surface area contributed by atoms with Crippen molar-refractivity contribution in [2.24, 2.45) is 0 Å². The average molecular weight is 335 g/mol. The Bertz CT molecular complexity index is 930. The van der Waals surface area contributed by atoms with Gasteiger partial charge in [0, 0.05) is 6.20 Å². The highest BCUT2D eigenvalue weighted by Crippen LogP contribution is 2.44. The van der Waals surface area contributed by atoms with Gasteiger partial charge in [-0.25, -0.2) is 15.0 Å². The number of nitrogens with zero attached hydrogens (tertiary/aromatic N) is 5. The highest BCUT2D eigenvalue weighted by molar-refractivity contribution is 5.59. The quantitative estimate of drug-likeness (QED) is 0.760. The molecule has 3 aromatic rings. The van der Waals surface area contributed by atoms with Crippen LogP contribution in [-0.4, -0.2) is 36.6 Å². The number of nitrogens with one attached hydrogen (secondary N) is 2. The fourth-order valence-corrected chi connectivity index (χ4v) is 2.84. The number of hydrogen-bond acceptors (Lipinski definition) is 7. The van der Waals surface area contributed by atoms with E-state index >= 15 is 0 Å². The van der Waals surface area contributed by atoms with E-state index in [2.05, 4.69) is 30.6 Å². The molecule has 3 aromatic heterocycles. The Balaban J connectivity index is 1.35. The van der Waals surface area contributed by atoms with Gasteiger partial charge in [-0.1, -0.05) is 0 Å². The van der Waals surface area contributed by atoms with Crippen LogP contribution in [0.15, 0.2) is 37.1 Å². The molecule has 8 heteroatoms. The lowest BCUT2D eigenvalue weighted by Crippen LogP contribution is -2.34. The van der Waals surface area contributed by atoms with E-state index in [1.165, 1.54) is 0 Å².